The van der Waals surface area contributed by atoms with Crippen molar-refractivity contribution in [2.45, 2.75) is 19.4 Å². The number of piperidine rings is 1. The van der Waals surface area contributed by atoms with Crippen LogP contribution in [0.25, 0.3) is 0 Å². The normalized spacial score (nSPS) is 13.5. The van der Waals surface area contributed by atoms with Gasteiger partial charge in [-0.15, -0.1) is 0 Å². The molecule has 0 bridgehead atoms. The van der Waals surface area contributed by atoms with E-state index in [2.05, 4.69) is 10.2 Å². The number of hydrogen-bond donors (Lipinski definition) is 4. The van der Waals surface area contributed by atoms with Gasteiger partial charge < -0.3 is 35.5 Å². The average Bonchev–Trinajstić information content (AvgIpc) is 2.90. The molecular formula is C26H33N3O9. The van der Waals surface area contributed by atoms with Gasteiger partial charge in [0.25, 0.3) is 0 Å². The van der Waals surface area contributed by atoms with Crippen molar-refractivity contribution in [3.63, 3.8) is 0 Å². The molecule has 5 N–H and O–H groups in total. The number of benzene rings is 2. The molecule has 2 aromatic rings. The Morgan fingerprint density at radius 1 is 0.947 bits per heavy atom. The monoisotopic (exact) mass is 531 g/mol. The third-order valence-corrected chi connectivity index (χ3v) is 5.74. The molecule has 1 aliphatic heterocycles. The summed E-state index contributed by atoms with van der Waals surface area (Å²) >= 11 is 0. The Morgan fingerprint density at radius 2 is 1.50 bits per heavy atom. The molecule has 2 amide bonds. The molecule has 1 saturated heterocycles. The smallest absolute Gasteiger partial charge is 0.414 e. The van der Waals surface area contributed by atoms with Crippen LogP contribution in [0.4, 0.5) is 5.69 Å². The van der Waals surface area contributed by atoms with Crippen LogP contribution in [0.5, 0.6) is 11.5 Å². The van der Waals surface area contributed by atoms with Gasteiger partial charge in [-0.3, -0.25) is 14.5 Å². The highest BCUT2D eigenvalue weighted by atomic mass is 16.5. The predicted octanol–water partition coefficient (Wildman–Crippen LogP) is 1.83. The van der Waals surface area contributed by atoms with Gasteiger partial charge >= 0.3 is 11.9 Å². The van der Waals surface area contributed by atoms with E-state index in [1.807, 2.05) is 18.2 Å². The largest absolute Gasteiger partial charge is 0.497 e. The summed E-state index contributed by atoms with van der Waals surface area (Å²) in [5.41, 5.74) is 7.31. The molecule has 0 saturated carbocycles. The second kappa shape index (κ2) is 15.2. The molecule has 3 rings (SSSR count). The lowest BCUT2D eigenvalue weighted by atomic mass is 9.98. The number of ether oxygens (including phenoxy) is 3. The van der Waals surface area contributed by atoms with Crippen LogP contribution in [-0.2, 0) is 25.7 Å². The maximum Gasteiger partial charge on any atom is 0.414 e. The van der Waals surface area contributed by atoms with Crippen LogP contribution in [-0.4, -0.2) is 79.3 Å². The minimum absolute atomic E-state index is 0.0708. The van der Waals surface area contributed by atoms with Crippen molar-refractivity contribution in [1.82, 2.24) is 4.90 Å². The SMILES string of the molecule is COc1cc(COCC2CCN(CC(=O)Nc3ccc(C(N)=O)cc3)CC2)cc(OC)c1.O=C(O)C(=O)O. The molecule has 12 heteroatoms. The number of nitrogens with two attached hydrogens (primary N) is 1. The molecular weight excluding hydrogens is 498 g/mol. The van der Waals surface area contributed by atoms with Crippen molar-refractivity contribution in [3.05, 3.63) is 53.6 Å². The number of hydrogen-bond acceptors (Lipinski definition) is 8. The number of anilines is 1. The summed E-state index contributed by atoms with van der Waals surface area (Å²) in [5.74, 6) is -2.23. The number of carbonyl (C=O) groups excluding carboxylic acids is 2. The summed E-state index contributed by atoms with van der Waals surface area (Å²) in [6, 6.07) is 12.3. The second-order valence-corrected chi connectivity index (χ2v) is 8.56. The first-order valence-corrected chi connectivity index (χ1v) is 11.8. The Hall–Kier alpha value is -4.16. The lowest BCUT2D eigenvalue weighted by Crippen LogP contribution is -2.40. The van der Waals surface area contributed by atoms with Crippen molar-refractivity contribution in [1.29, 1.82) is 0 Å². The van der Waals surface area contributed by atoms with Crippen LogP contribution in [0.1, 0.15) is 28.8 Å². The maximum absolute atomic E-state index is 12.3. The van der Waals surface area contributed by atoms with Crippen molar-refractivity contribution >= 4 is 29.4 Å². The molecule has 0 spiro atoms. The van der Waals surface area contributed by atoms with Crippen LogP contribution in [0.2, 0.25) is 0 Å². The first kappa shape index (κ1) is 30.1. The van der Waals surface area contributed by atoms with Gasteiger partial charge in [0.1, 0.15) is 11.5 Å². The standard InChI is InChI=1S/C24H31N3O5.C2H2O4/c1-30-21-11-18(12-22(13-21)31-2)16-32-15-17-7-9-27(10-8-17)14-23(28)26-20-5-3-19(4-6-20)24(25)29;3-1(4)2(5)6/h3-6,11-13,17H,7-10,14-16H2,1-2H3,(H2,25,29)(H,26,28);(H,3,4)(H,5,6). The molecule has 0 atom stereocenters. The van der Waals surface area contributed by atoms with Gasteiger partial charge in [-0.2, -0.15) is 0 Å². The Bertz CT molecular complexity index is 1060. The van der Waals surface area contributed by atoms with E-state index < -0.39 is 17.8 Å². The number of amides is 2. The molecule has 1 fully saturated rings. The zero-order valence-corrected chi connectivity index (χ0v) is 21.3. The number of carboxylic acid groups (broad SMARTS) is 2. The third kappa shape index (κ3) is 10.4. The first-order valence-electron chi connectivity index (χ1n) is 11.8. The lowest BCUT2D eigenvalue weighted by Gasteiger charge is -2.31. The van der Waals surface area contributed by atoms with Crippen molar-refractivity contribution in [2.24, 2.45) is 11.7 Å². The number of likely N-dealkylation sites (tertiary alicyclic amines) is 1. The summed E-state index contributed by atoms with van der Waals surface area (Å²) < 4.78 is 16.5. The van der Waals surface area contributed by atoms with Crippen molar-refractivity contribution < 1.29 is 43.6 Å². The molecule has 0 radical (unpaired) electrons. The number of primary amides is 1. The highest BCUT2D eigenvalue weighted by Gasteiger charge is 2.21. The summed E-state index contributed by atoms with van der Waals surface area (Å²) in [6.45, 7) is 3.25. The van der Waals surface area contributed by atoms with Gasteiger partial charge in [0.2, 0.25) is 11.8 Å². The van der Waals surface area contributed by atoms with Gasteiger partial charge in [0.05, 0.1) is 27.4 Å². The van der Waals surface area contributed by atoms with Gasteiger partial charge in [0, 0.05) is 23.9 Å². The Morgan fingerprint density at radius 3 is 1.97 bits per heavy atom. The Balaban J connectivity index is 0.000000757. The van der Waals surface area contributed by atoms with E-state index in [0.29, 0.717) is 36.9 Å². The van der Waals surface area contributed by atoms with Crippen LogP contribution in [0.15, 0.2) is 42.5 Å². The molecule has 1 aliphatic rings. The third-order valence-electron chi connectivity index (χ3n) is 5.74. The quantitative estimate of drug-likeness (QED) is 0.331. The molecule has 38 heavy (non-hydrogen) atoms. The number of nitrogens with zero attached hydrogens (tertiary/aromatic N) is 1. The highest BCUT2D eigenvalue weighted by Crippen LogP contribution is 2.24. The maximum atomic E-state index is 12.3. The summed E-state index contributed by atoms with van der Waals surface area (Å²) in [7, 11) is 3.26. The fourth-order valence-electron chi connectivity index (χ4n) is 3.73. The summed E-state index contributed by atoms with van der Waals surface area (Å²) in [6.07, 6.45) is 1.98. The summed E-state index contributed by atoms with van der Waals surface area (Å²) in [4.78, 5) is 43.8. The topological polar surface area (TPSA) is 178 Å². The minimum atomic E-state index is -1.82. The van der Waals surface area contributed by atoms with Crippen molar-refractivity contribution in [3.8, 4) is 11.5 Å². The van der Waals surface area contributed by atoms with E-state index >= 15 is 0 Å². The second-order valence-electron chi connectivity index (χ2n) is 8.56. The van der Waals surface area contributed by atoms with Crippen LogP contribution in [0, 0.1) is 5.92 Å². The number of nitrogens with one attached hydrogen (secondary N) is 1. The number of methoxy groups -OCH3 is 2. The highest BCUT2D eigenvalue weighted by molar-refractivity contribution is 6.27. The Labute approximate surface area is 220 Å². The average molecular weight is 532 g/mol. The van der Waals surface area contributed by atoms with Gasteiger partial charge in [-0.1, -0.05) is 0 Å². The predicted molar refractivity (Wildman–Crippen MR) is 137 cm³/mol. The Kier molecular flexibility index (Phi) is 12.0. The first-order chi connectivity index (χ1) is 18.1. The number of rotatable bonds is 10. The van der Waals surface area contributed by atoms with E-state index in [9.17, 15) is 9.59 Å². The summed E-state index contributed by atoms with van der Waals surface area (Å²) in [5, 5.41) is 17.6. The molecule has 0 aromatic heterocycles. The number of aliphatic carboxylic acids is 2. The molecule has 12 nitrogen and oxygen atoms in total. The van der Waals surface area contributed by atoms with Crippen LogP contribution < -0.4 is 20.5 Å². The molecule has 206 valence electrons. The molecule has 0 unspecified atom stereocenters. The fourth-order valence-corrected chi connectivity index (χ4v) is 3.73. The van der Waals surface area contributed by atoms with E-state index in [4.69, 9.17) is 39.7 Å². The number of carbonyl (C=O) groups is 4. The van der Waals surface area contributed by atoms with E-state index in [0.717, 1.165) is 43.0 Å². The number of carboxylic acids is 2. The lowest BCUT2D eigenvalue weighted by molar-refractivity contribution is -0.159. The fraction of sp³-hybridized carbons (Fsp3) is 0.385. The van der Waals surface area contributed by atoms with Gasteiger partial charge in [0.15, 0.2) is 0 Å². The van der Waals surface area contributed by atoms with E-state index in [1.54, 1.807) is 38.5 Å². The van der Waals surface area contributed by atoms with E-state index in [-0.39, 0.29) is 5.91 Å². The van der Waals surface area contributed by atoms with Crippen LogP contribution in [0.3, 0.4) is 0 Å². The van der Waals surface area contributed by atoms with Gasteiger partial charge in [-0.05, 0) is 73.8 Å². The zero-order chi connectivity index (χ0) is 28.1. The van der Waals surface area contributed by atoms with Crippen LogP contribution >= 0.6 is 0 Å². The molecule has 2 aromatic carbocycles. The molecule has 0 aliphatic carbocycles. The zero-order valence-electron chi connectivity index (χ0n) is 21.3. The van der Waals surface area contributed by atoms with E-state index in [1.165, 1.54) is 0 Å². The van der Waals surface area contributed by atoms with Gasteiger partial charge in [-0.25, -0.2) is 9.59 Å². The minimum Gasteiger partial charge on any atom is -0.497 e. The molecule has 1 heterocycles. The van der Waals surface area contributed by atoms with Crippen molar-refractivity contribution in [2.75, 3.05) is 45.8 Å².